The molecule has 0 aromatic carbocycles. The number of amides is 1. The van der Waals surface area contributed by atoms with Crippen LogP contribution in [-0.4, -0.2) is 54.1 Å². The molecule has 2 heterocycles. The fourth-order valence-electron chi connectivity index (χ4n) is 1.96. The van der Waals surface area contributed by atoms with Crippen molar-refractivity contribution in [1.82, 2.24) is 4.90 Å². The molecule has 0 unspecified atom stereocenters. The topological polar surface area (TPSA) is 66.8 Å². The predicted octanol–water partition coefficient (Wildman–Crippen LogP) is 0.713. The van der Waals surface area contributed by atoms with Gasteiger partial charge in [-0.05, 0) is 23.9 Å². The Bertz CT molecular complexity index is 471. The maximum absolute atomic E-state index is 12.1. The van der Waals surface area contributed by atoms with Gasteiger partial charge in [0.2, 0.25) is 5.91 Å². The van der Waals surface area contributed by atoms with Crippen LogP contribution in [0.15, 0.2) is 11.4 Å². The van der Waals surface area contributed by atoms with Crippen molar-refractivity contribution in [3.63, 3.8) is 0 Å². The maximum atomic E-state index is 12.1. The van der Waals surface area contributed by atoms with Gasteiger partial charge in [-0.3, -0.25) is 9.59 Å². The zero-order chi connectivity index (χ0) is 13.8. The highest BCUT2D eigenvalue weighted by atomic mass is 32.1. The van der Waals surface area contributed by atoms with Crippen molar-refractivity contribution < 1.29 is 19.4 Å². The minimum absolute atomic E-state index is 0.0160. The fourth-order valence-corrected chi connectivity index (χ4v) is 2.77. The number of carbonyl (C=O) groups is 2. The van der Waals surface area contributed by atoms with Crippen LogP contribution in [0.3, 0.4) is 0 Å². The van der Waals surface area contributed by atoms with Gasteiger partial charge in [-0.25, -0.2) is 0 Å². The van der Waals surface area contributed by atoms with Gasteiger partial charge in [-0.2, -0.15) is 0 Å². The van der Waals surface area contributed by atoms with Crippen LogP contribution >= 0.6 is 11.3 Å². The molecule has 1 amide bonds. The van der Waals surface area contributed by atoms with Gasteiger partial charge in [0, 0.05) is 13.1 Å². The van der Waals surface area contributed by atoms with E-state index in [0.29, 0.717) is 24.6 Å². The van der Waals surface area contributed by atoms with Gasteiger partial charge in [-0.15, -0.1) is 11.3 Å². The van der Waals surface area contributed by atoms with Crippen molar-refractivity contribution >= 4 is 23.0 Å². The Kier molecular flexibility index (Phi) is 4.68. The number of ketones is 1. The molecule has 1 saturated heterocycles. The van der Waals surface area contributed by atoms with E-state index in [4.69, 9.17) is 4.74 Å². The van der Waals surface area contributed by atoms with E-state index in [1.54, 1.807) is 11.0 Å². The Morgan fingerprint density at radius 2 is 2.37 bits per heavy atom. The molecule has 1 aromatic rings. The third kappa shape index (κ3) is 3.86. The first kappa shape index (κ1) is 14.2. The Hall–Kier alpha value is -1.24. The number of ether oxygens (including phenoxy) is 1. The minimum atomic E-state index is -0.623. The van der Waals surface area contributed by atoms with E-state index >= 15 is 0 Å². The number of β-amino-alcohol motifs (C(OH)–C–C–N with tert-alkyl or cyclic N) is 1. The van der Waals surface area contributed by atoms with Crippen molar-refractivity contribution in [3.05, 3.63) is 21.9 Å². The van der Waals surface area contributed by atoms with Crippen LogP contribution in [0.1, 0.15) is 22.2 Å². The first-order valence-electron chi connectivity index (χ1n) is 6.18. The monoisotopic (exact) mass is 283 g/mol. The molecule has 0 radical (unpaired) electrons. The standard InChI is InChI=1S/C13H17NO4S/c1-9(15)12-4-10(8-19-12)5-13(17)14-2-3-18-7-11(16)6-14/h4,8,11,16H,2-3,5-7H2,1H3/t11-/m0/s1. The smallest absolute Gasteiger partial charge is 0.227 e. The third-order valence-electron chi connectivity index (χ3n) is 2.96. The van der Waals surface area contributed by atoms with E-state index < -0.39 is 6.10 Å². The lowest BCUT2D eigenvalue weighted by Gasteiger charge is -2.21. The van der Waals surface area contributed by atoms with E-state index in [2.05, 4.69) is 0 Å². The number of aliphatic hydroxyl groups excluding tert-OH is 1. The molecule has 2 rings (SSSR count). The predicted molar refractivity (Wildman–Crippen MR) is 71.4 cm³/mol. The van der Waals surface area contributed by atoms with E-state index in [1.807, 2.05) is 5.38 Å². The van der Waals surface area contributed by atoms with Gasteiger partial charge in [0.1, 0.15) is 0 Å². The molecule has 0 aliphatic carbocycles. The van der Waals surface area contributed by atoms with Gasteiger partial charge in [0.25, 0.3) is 0 Å². The van der Waals surface area contributed by atoms with Crippen molar-refractivity contribution in [3.8, 4) is 0 Å². The summed E-state index contributed by atoms with van der Waals surface area (Å²) in [5.41, 5.74) is 0.847. The number of thiophene rings is 1. The molecule has 1 atom stereocenters. The zero-order valence-electron chi connectivity index (χ0n) is 10.8. The molecule has 1 N–H and O–H groups in total. The van der Waals surface area contributed by atoms with Crippen LogP contribution < -0.4 is 0 Å². The second-order valence-corrected chi connectivity index (χ2v) is 5.53. The summed E-state index contributed by atoms with van der Waals surface area (Å²) < 4.78 is 5.19. The second-order valence-electron chi connectivity index (χ2n) is 4.62. The highest BCUT2D eigenvalue weighted by Gasteiger charge is 2.21. The molecule has 19 heavy (non-hydrogen) atoms. The molecule has 0 spiro atoms. The Morgan fingerprint density at radius 1 is 1.58 bits per heavy atom. The molecule has 1 fully saturated rings. The molecule has 6 heteroatoms. The van der Waals surface area contributed by atoms with E-state index in [0.717, 1.165) is 5.56 Å². The summed E-state index contributed by atoms with van der Waals surface area (Å²) >= 11 is 1.36. The van der Waals surface area contributed by atoms with Crippen molar-refractivity contribution in [2.45, 2.75) is 19.4 Å². The van der Waals surface area contributed by atoms with Gasteiger partial charge >= 0.3 is 0 Å². The summed E-state index contributed by atoms with van der Waals surface area (Å²) in [4.78, 5) is 25.6. The summed E-state index contributed by atoms with van der Waals surface area (Å²) in [6.45, 7) is 3.05. The molecule has 1 aliphatic rings. The van der Waals surface area contributed by atoms with Crippen molar-refractivity contribution in [2.24, 2.45) is 0 Å². The van der Waals surface area contributed by atoms with Crippen molar-refractivity contribution in [1.29, 1.82) is 0 Å². The number of rotatable bonds is 3. The van der Waals surface area contributed by atoms with Gasteiger partial charge in [0.15, 0.2) is 5.78 Å². The third-order valence-corrected chi connectivity index (χ3v) is 4.04. The van der Waals surface area contributed by atoms with Crippen LogP contribution in [-0.2, 0) is 16.0 Å². The Labute approximate surface area is 115 Å². The lowest BCUT2D eigenvalue weighted by molar-refractivity contribution is -0.131. The average Bonchev–Trinajstić information content (AvgIpc) is 2.71. The van der Waals surface area contributed by atoms with Crippen LogP contribution in [0.5, 0.6) is 0 Å². The molecule has 0 bridgehead atoms. The Morgan fingerprint density at radius 3 is 3.05 bits per heavy atom. The number of carbonyl (C=O) groups excluding carboxylic acids is 2. The normalized spacial score (nSPS) is 20.1. The molecular formula is C13H17NO4S. The summed E-state index contributed by atoms with van der Waals surface area (Å²) in [5.74, 6) is -0.0280. The number of nitrogens with zero attached hydrogens (tertiary/aromatic N) is 1. The minimum Gasteiger partial charge on any atom is -0.389 e. The highest BCUT2D eigenvalue weighted by molar-refractivity contribution is 7.12. The number of Topliss-reactive ketones (excluding diaryl/α,β-unsaturated/α-hetero) is 1. The largest absolute Gasteiger partial charge is 0.389 e. The van der Waals surface area contributed by atoms with Gasteiger partial charge < -0.3 is 14.7 Å². The quantitative estimate of drug-likeness (QED) is 0.830. The van der Waals surface area contributed by atoms with Gasteiger partial charge in [0.05, 0.1) is 30.6 Å². The number of hydrogen-bond acceptors (Lipinski definition) is 5. The molecule has 5 nitrogen and oxygen atoms in total. The molecular weight excluding hydrogens is 266 g/mol. The SMILES string of the molecule is CC(=O)c1cc(CC(=O)N2CCOC[C@@H](O)C2)cs1. The van der Waals surface area contributed by atoms with Crippen molar-refractivity contribution in [2.75, 3.05) is 26.3 Å². The molecule has 1 aromatic heterocycles. The van der Waals surface area contributed by atoms with Crippen LogP contribution in [0.2, 0.25) is 0 Å². The average molecular weight is 283 g/mol. The number of aliphatic hydroxyl groups is 1. The molecule has 1 aliphatic heterocycles. The molecule has 104 valence electrons. The second kappa shape index (κ2) is 6.27. The summed E-state index contributed by atoms with van der Waals surface area (Å²) in [5, 5.41) is 11.4. The first-order valence-corrected chi connectivity index (χ1v) is 7.06. The summed E-state index contributed by atoms with van der Waals surface area (Å²) in [7, 11) is 0. The van der Waals surface area contributed by atoms with Crippen LogP contribution in [0, 0.1) is 0 Å². The Balaban J connectivity index is 1.97. The fraction of sp³-hybridized carbons (Fsp3) is 0.538. The highest BCUT2D eigenvalue weighted by Crippen LogP contribution is 2.16. The van der Waals surface area contributed by atoms with E-state index in [9.17, 15) is 14.7 Å². The molecule has 0 saturated carbocycles. The maximum Gasteiger partial charge on any atom is 0.227 e. The zero-order valence-corrected chi connectivity index (χ0v) is 11.6. The van der Waals surface area contributed by atoms with E-state index in [-0.39, 0.29) is 24.7 Å². The lowest BCUT2D eigenvalue weighted by atomic mass is 10.2. The first-order chi connectivity index (χ1) is 9.06. The lowest BCUT2D eigenvalue weighted by Crippen LogP contribution is -2.38. The van der Waals surface area contributed by atoms with E-state index in [1.165, 1.54) is 18.3 Å². The summed E-state index contributed by atoms with van der Waals surface area (Å²) in [6.07, 6.45) is -0.363. The summed E-state index contributed by atoms with van der Waals surface area (Å²) in [6, 6.07) is 1.76. The van der Waals surface area contributed by atoms with Gasteiger partial charge in [-0.1, -0.05) is 0 Å². The van der Waals surface area contributed by atoms with Crippen LogP contribution in [0.25, 0.3) is 0 Å². The van der Waals surface area contributed by atoms with Crippen LogP contribution in [0.4, 0.5) is 0 Å². The number of hydrogen-bond donors (Lipinski definition) is 1.